The molecule has 3 rings (SSSR count). The number of carbonyl (C=O) groups is 2. The highest BCUT2D eigenvalue weighted by atomic mass is 32.2. The Morgan fingerprint density at radius 3 is 2.47 bits per heavy atom. The molecule has 9 heteroatoms. The molecule has 1 aromatic carbocycles. The van der Waals surface area contributed by atoms with E-state index in [-0.39, 0.29) is 30.8 Å². The predicted molar refractivity (Wildman–Crippen MR) is 124 cm³/mol. The fraction of sp³-hybridized carbons (Fsp3) is 0.652. The number of hydrogen-bond donors (Lipinski definition) is 1. The zero-order valence-corrected chi connectivity index (χ0v) is 20.3. The Bertz CT molecular complexity index is 956. The summed E-state index contributed by atoms with van der Waals surface area (Å²) in [6, 6.07) is 5.46. The van der Waals surface area contributed by atoms with Crippen molar-refractivity contribution in [2.45, 2.75) is 70.9 Å². The SMILES string of the molecule is CCS(=O)(=O)N1CC(=O)N(c2cc(C)ccc2OC)[C@](C)(C(=O)NC2CCCCCC2)C1. The van der Waals surface area contributed by atoms with Crippen LogP contribution in [-0.2, 0) is 19.6 Å². The van der Waals surface area contributed by atoms with Gasteiger partial charge in [-0.2, -0.15) is 4.31 Å². The smallest absolute Gasteiger partial charge is 0.247 e. The quantitative estimate of drug-likeness (QED) is 0.652. The number of amides is 2. The van der Waals surface area contributed by atoms with Gasteiger partial charge in [-0.25, -0.2) is 8.42 Å². The lowest BCUT2D eigenvalue weighted by Gasteiger charge is -2.47. The van der Waals surface area contributed by atoms with Gasteiger partial charge in [-0.3, -0.25) is 14.5 Å². The number of aryl methyl sites for hydroxylation is 1. The van der Waals surface area contributed by atoms with Crippen LogP contribution in [0, 0.1) is 6.92 Å². The van der Waals surface area contributed by atoms with Gasteiger partial charge in [0.05, 0.1) is 25.1 Å². The number of ether oxygens (including phenoxy) is 1. The summed E-state index contributed by atoms with van der Waals surface area (Å²) in [7, 11) is -2.14. The third-order valence-corrected chi connectivity index (χ3v) is 8.33. The molecule has 1 aromatic rings. The van der Waals surface area contributed by atoms with Gasteiger partial charge in [0.25, 0.3) is 0 Å². The van der Waals surface area contributed by atoms with E-state index in [1.165, 1.54) is 12.0 Å². The Balaban J connectivity index is 2.04. The number of hydrogen-bond acceptors (Lipinski definition) is 5. The first-order valence-corrected chi connectivity index (χ1v) is 13.0. The van der Waals surface area contributed by atoms with Crippen molar-refractivity contribution in [1.29, 1.82) is 0 Å². The van der Waals surface area contributed by atoms with Crippen LogP contribution in [0.1, 0.15) is 57.9 Å². The monoisotopic (exact) mass is 465 g/mol. The van der Waals surface area contributed by atoms with E-state index < -0.39 is 21.5 Å². The maximum atomic E-state index is 13.7. The number of nitrogens with one attached hydrogen (secondary N) is 1. The predicted octanol–water partition coefficient (Wildman–Crippen LogP) is 2.60. The van der Waals surface area contributed by atoms with Crippen LogP contribution < -0.4 is 15.0 Å². The van der Waals surface area contributed by atoms with Crippen molar-refractivity contribution >= 4 is 27.5 Å². The second kappa shape index (κ2) is 9.79. The number of carbonyl (C=O) groups excluding carboxylic acids is 2. The maximum Gasteiger partial charge on any atom is 0.247 e. The molecule has 0 spiro atoms. The first-order chi connectivity index (χ1) is 15.1. The van der Waals surface area contributed by atoms with Crippen molar-refractivity contribution in [3.05, 3.63) is 23.8 Å². The Kier molecular flexibility index (Phi) is 7.50. The Hall–Kier alpha value is -2.13. The van der Waals surface area contributed by atoms with Gasteiger partial charge in [0.1, 0.15) is 11.3 Å². The Labute approximate surface area is 191 Å². The molecule has 1 N–H and O–H groups in total. The zero-order valence-electron chi connectivity index (χ0n) is 19.5. The molecule has 1 aliphatic carbocycles. The molecule has 0 unspecified atom stereocenters. The number of piperazine rings is 1. The van der Waals surface area contributed by atoms with Crippen LogP contribution in [0.25, 0.3) is 0 Å². The lowest BCUT2D eigenvalue weighted by molar-refractivity contribution is -0.133. The molecule has 178 valence electrons. The summed E-state index contributed by atoms with van der Waals surface area (Å²) in [5.41, 5.74) is -0.0291. The van der Waals surface area contributed by atoms with E-state index >= 15 is 0 Å². The van der Waals surface area contributed by atoms with Crippen molar-refractivity contribution < 1.29 is 22.7 Å². The minimum atomic E-state index is -3.65. The summed E-state index contributed by atoms with van der Waals surface area (Å²) in [4.78, 5) is 28.5. The lowest BCUT2D eigenvalue weighted by atomic mass is 9.93. The topological polar surface area (TPSA) is 96.0 Å². The van der Waals surface area contributed by atoms with Crippen LogP contribution in [0.3, 0.4) is 0 Å². The first-order valence-electron chi connectivity index (χ1n) is 11.4. The van der Waals surface area contributed by atoms with Gasteiger partial charge >= 0.3 is 0 Å². The highest BCUT2D eigenvalue weighted by Gasteiger charge is 2.51. The van der Waals surface area contributed by atoms with Crippen LogP contribution >= 0.6 is 0 Å². The summed E-state index contributed by atoms with van der Waals surface area (Å²) in [6.45, 7) is 4.67. The maximum absolute atomic E-state index is 13.7. The summed E-state index contributed by atoms with van der Waals surface area (Å²) < 4.78 is 32.0. The average Bonchev–Trinajstić information content (AvgIpc) is 3.02. The Morgan fingerprint density at radius 2 is 1.88 bits per heavy atom. The van der Waals surface area contributed by atoms with Crippen molar-refractivity contribution in [3.63, 3.8) is 0 Å². The molecular formula is C23H35N3O5S. The van der Waals surface area contributed by atoms with E-state index in [0.29, 0.717) is 11.4 Å². The standard InChI is InChI=1S/C23H35N3O5S/c1-5-32(29,30)25-15-21(27)26(19-14-17(2)12-13-20(19)31-4)23(3,16-25)22(28)24-18-10-8-6-7-9-11-18/h12-14,18H,5-11,15-16H2,1-4H3,(H,24,28)/t23-/m0/s1. The molecule has 32 heavy (non-hydrogen) atoms. The minimum absolute atomic E-state index is 0.0244. The summed E-state index contributed by atoms with van der Waals surface area (Å²) in [5.74, 6) is -0.453. The van der Waals surface area contributed by atoms with Crippen molar-refractivity contribution in [2.75, 3.05) is 30.9 Å². The van der Waals surface area contributed by atoms with Crippen LogP contribution in [0.4, 0.5) is 5.69 Å². The third kappa shape index (κ3) is 4.93. The molecule has 8 nitrogen and oxygen atoms in total. The highest BCUT2D eigenvalue weighted by molar-refractivity contribution is 7.89. The van der Waals surface area contributed by atoms with E-state index in [9.17, 15) is 18.0 Å². The molecule has 1 aliphatic heterocycles. The van der Waals surface area contributed by atoms with Gasteiger partial charge in [0.2, 0.25) is 21.8 Å². The van der Waals surface area contributed by atoms with Crippen molar-refractivity contribution in [2.24, 2.45) is 0 Å². The van der Waals surface area contributed by atoms with Crippen molar-refractivity contribution in [1.82, 2.24) is 9.62 Å². The first kappa shape index (κ1) is 24.5. The molecule has 0 radical (unpaired) electrons. The van der Waals surface area contributed by atoms with Crippen LogP contribution in [0.5, 0.6) is 5.75 Å². The van der Waals surface area contributed by atoms with Gasteiger partial charge in [-0.15, -0.1) is 0 Å². The molecular weight excluding hydrogens is 430 g/mol. The van der Waals surface area contributed by atoms with Gasteiger partial charge < -0.3 is 10.1 Å². The van der Waals surface area contributed by atoms with Crippen LogP contribution in [0.15, 0.2) is 18.2 Å². The number of nitrogens with zero attached hydrogens (tertiary/aromatic N) is 2. The van der Waals surface area contributed by atoms with E-state index in [0.717, 1.165) is 48.4 Å². The molecule has 2 aliphatic rings. The molecule has 1 heterocycles. The molecule has 2 amide bonds. The Morgan fingerprint density at radius 1 is 1.22 bits per heavy atom. The second-order valence-corrected chi connectivity index (χ2v) is 11.3. The third-order valence-electron chi connectivity index (χ3n) is 6.55. The summed E-state index contributed by atoms with van der Waals surface area (Å²) in [5, 5.41) is 3.14. The van der Waals surface area contributed by atoms with E-state index in [4.69, 9.17) is 4.74 Å². The number of rotatable bonds is 6. The molecule has 0 bridgehead atoms. The molecule has 2 fully saturated rings. The number of sulfonamides is 1. The molecule has 1 saturated heterocycles. The second-order valence-electron chi connectivity index (χ2n) is 9.01. The minimum Gasteiger partial charge on any atom is -0.495 e. The lowest BCUT2D eigenvalue weighted by Crippen LogP contribution is -2.71. The van der Waals surface area contributed by atoms with Gasteiger partial charge in [-0.05, 0) is 51.3 Å². The van der Waals surface area contributed by atoms with Gasteiger partial charge in [-0.1, -0.05) is 31.7 Å². The normalized spacial score (nSPS) is 23.6. The van der Waals surface area contributed by atoms with Gasteiger partial charge in [0, 0.05) is 12.6 Å². The number of methoxy groups -OCH3 is 1. The van der Waals surface area contributed by atoms with Crippen LogP contribution in [0.2, 0.25) is 0 Å². The van der Waals surface area contributed by atoms with E-state index in [1.807, 2.05) is 13.0 Å². The van der Waals surface area contributed by atoms with E-state index in [1.54, 1.807) is 26.0 Å². The summed E-state index contributed by atoms with van der Waals surface area (Å²) >= 11 is 0. The average molecular weight is 466 g/mol. The van der Waals surface area contributed by atoms with Crippen LogP contribution in [-0.4, -0.2) is 62.1 Å². The van der Waals surface area contributed by atoms with Gasteiger partial charge in [0.15, 0.2) is 0 Å². The fourth-order valence-electron chi connectivity index (χ4n) is 4.66. The zero-order chi connectivity index (χ0) is 23.5. The molecule has 0 aromatic heterocycles. The molecule has 1 saturated carbocycles. The largest absolute Gasteiger partial charge is 0.495 e. The highest BCUT2D eigenvalue weighted by Crippen LogP contribution is 2.37. The number of benzene rings is 1. The number of anilines is 1. The van der Waals surface area contributed by atoms with E-state index in [2.05, 4.69) is 5.32 Å². The summed E-state index contributed by atoms with van der Waals surface area (Å²) in [6.07, 6.45) is 6.17. The molecule has 1 atom stereocenters. The van der Waals surface area contributed by atoms with Crippen molar-refractivity contribution in [3.8, 4) is 5.75 Å². The fourth-order valence-corrected chi connectivity index (χ4v) is 5.78.